The highest BCUT2D eigenvalue weighted by atomic mass is 16.5. The minimum absolute atomic E-state index is 0.573. The smallest absolute Gasteiger partial charge is 0.0589 e. The van der Waals surface area contributed by atoms with Crippen molar-refractivity contribution < 1.29 is 4.74 Å². The Morgan fingerprint density at radius 2 is 2.18 bits per heavy atom. The SMILES string of the molecule is C=CCN(CCOC)C(CNC1CC1)C(C)C. The molecule has 3 heteroatoms. The van der Waals surface area contributed by atoms with Crippen molar-refractivity contribution in [2.75, 3.05) is 33.4 Å². The van der Waals surface area contributed by atoms with Crippen LogP contribution in [0, 0.1) is 5.92 Å². The van der Waals surface area contributed by atoms with Gasteiger partial charge in [-0.2, -0.15) is 0 Å². The van der Waals surface area contributed by atoms with E-state index in [-0.39, 0.29) is 0 Å². The normalized spacial score (nSPS) is 17.7. The molecule has 0 bridgehead atoms. The maximum atomic E-state index is 5.19. The highest BCUT2D eigenvalue weighted by Crippen LogP contribution is 2.19. The van der Waals surface area contributed by atoms with Crippen LogP contribution in [0.25, 0.3) is 0 Å². The lowest BCUT2D eigenvalue weighted by Crippen LogP contribution is -2.47. The van der Waals surface area contributed by atoms with Crippen LogP contribution in [0.1, 0.15) is 26.7 Å². The molecule has 0 spiro atoms. The molecule has 0 aromatic rings. The molecule has 0 heterocycles. The maximum Gasteiger partial charge on any atom is 0.0589 e. The minimum atomic E-state index is 0.573. The topological polar surface area (TPSA) is 24.5 Å². The summed E-state index contributed by atoms with van der Waals surface area (Å²) in [5.74, 6) is 0.651. The molecular weight excluding hydrogens is 212 g/mol. The van der Waals surface area contributed by atoms with Crippen LogP contribution < -0.4 is 5.32 Å². The second-order valence-electron chi connectivity index (χ2n) is 5.27. The predicted molar refractivity (Wildman–Crippen MR) is 73.3 cm³/mol. The first-order valence-corrected chi connectivity index (χ1v) is 6.76. The zero-order valence-electron chi connectivity index (χ0n) is 11.6. The van der Waals surface area contributed by atoms with Crippen molar-refractivity contribution in [1.29, 1.82) is 0 Å². The van der Waals surface area contributed by atoms with Gasteiger partial charge in [0.05, 0.1) is 6.61 Å². The third-order valence-corrected chi connectivity index (χ3v) is 3.38. The molecule has 17 heavy (non-hydrogen) atoms. The Morgan fingerprint density at radius 1 is 1.47 bits per heavy atom. The van der Waals surface area contributed by atoms with Gasteiger partial charge in [-0.1, -0.05) is 19.9 Å². The molecule has 1 rings (SSSR count). The molecule has 0 radical (unpaired) electrons. The van der Waals surface area contributed by atoms with Crippen LogP contribution in [0.5, 0.6) is 0 Å². The molecule has 100 valence electrons. The second-order valence-corrected chi connectivity index (χ2v) is 5.27. The van der Waals surface area contributed by atoms with Crippen molar-refractivity contribution in [1.82, 2.24) is 10.2 Å². The summed E-state index contributed by atoms with van der Waals surface area (Å²) in [5.41, 5.74) is 0. The molecule has 0 saturated heterocycles. The summed E-state index contributed by atoms with van der Waals surface area (Å²) >= 11 is 0. The zero-order valence-corrected chi connectivity index (χ0v) is 11.6. The van der Waals surface area contributed by atoms with E-state index < -0.39 is 0 Å². The standard InChI is InChI=1S/C14H28N2O/c1-5-8-16(9-10-17-4)14(12(2)3)11-15-13-6-7-13/h5,12-15H,1,6-11H2,2-4H3. The van der Waals surface area contributed by atoms with Crippen LogP contribution >= 0.6 is 0 Å². The van der Waals surface area contributed by atoms with Gasteiger partial charge in [0, 0.05) is 38.8 Å². The molecule has 1 saturated carbocycles. The van der Waals surface area contributed by atoms with E-state index in [0.29, 0.717) is 12.0 Å². The monoisotopic (exact) mass is 240 g/mol. The van der Waals surface area contributed by atoms with E-state index in [1.165, 1.54) is 12.8 Å². The number of rotatable bonds is 10. The lowest BCUT2D eigenvalue weighted by molar-refractivity contribution is 0.109. The van der Waals surface area contributed by atoms with Gasteiger partial charge >= 0.3 is 0 Å². The second kappa shape index (κ2) is 7.85. The van der Waals surface area contributed by atoms with Gasteiger partial charge in [0.15, 0.2) is 0 Å². The van der Waals surface area contributed by atoms with E-state index >= 15 is 0 Å². The maximum absolute atomic E-state index is 5.19. The lowest BCUT2D eigenvalue weighted by Gasteiger charge is -2.34. The average Bonchev–Trinajstić information content (AvgIpc) is 3.09. The third kappa shape index (κ3) is 5.66. The largest absolute Gasteiger partial charge is 0.383 e. The fraction of sp³-hybridized carbons (Fsp3) is 0.857. The lowest BCUT2D eigenvalue weighted by atomic mass is 10.0. The molecule has 0 amide bonds. The summed E-state index contributed by atoms with van der Waals surface area (Å²) in [4.78, 5) is 2.47. The van der Waals surface area contributed by atoms with E-state index in [1.807, 2.05) is 6.08 Å². The molecule has 0 aromatic heterocycles. The fourth-order valence-electron chi connectivity index (χ4n) is 2.13. The minimum Gasteiger partial charge on any atom is -0.383 e. The Morgan fingerprint density at radius 3 is 2.65 bits per heavy atom. The third-order valence-electron chi connectivity index (χ3n) is 3.38. The molecular formula is C14H28N2O. The van der Waals surface area contributed by atoms with Gasteiger partial charge in [0.2, 0.25) is 0 Å². The van der Waals surface area contributed by atoms with Gasteiger partial charge < -0.3 is 10.1 Å². The molecule has 1 N–H and O–H groups in total. The molecule has 3 nitrogen and oxygen atoms in total. The Kier molecular flexibility index (Phi) is 6.78. The van der Waals surface area contributed by atoms with Crippen molar-refractivity contribution in [2.24, 2.45) is 5.92 Å². The van der Waals surface area contributed by atoms with Crippen molar-refractivity contribution >= 4 is 0 Å². The van der Waals surface area contributed by atoms with Crippen molar-refractivity contribution in [2.45, 2.75) is 38.8 Å². The predicted octanol–water partition coefficient (Wildman–Crippen LogP) is 1.90. The first kappa shape index (κ1) is 14.7. The van der Waals surface area contributed by atoms with Crippen LogP contribution in [-0.4, -0.2) is 50.3 Å². The van der Waals surface area contributed by atoms with Gasteiger partial charge in [-0.3, -0.25) is 4.90 Å². The van der Waals surface area contributed by atoms with Crippen molar-refractivity contribution in [3.63, 3.8) is 0 Å². The molecule has 1 aliphatic rings. The number of methoxy groups -OCH3 is 1. The quantitative estimate of drug-likeness (QED) is 0.590. The van der Waals surface area contributed by atoms with E-state index in [1.54, 1.807) is 7.11 Å². The summed E-state index contributed by atoms with van der Waals surface area (Å²) < 4.78 is 5.19. The van der Waals surface area contributed by atoms with Crippen LogP contribution in [0.15, 0.2) is 12.7 Å². The number of hydrogen-bond acceptors (Lipinski definition) is 3. The summed E-state index contributed by atoms with van der Waals surface area (Å²) in [6, 6.07) is 1.35. The number of hydrogen-bond donors (Lipinski definition) is 1. The molecule has 0 aromatic carbocycles. The van der Waals surface area contributed by atoms with Crippen LogP contribution in [0.3, 0.4) is 0 Å². The number of nitrogens with one attached hydrogen (secondary N) is 1. The zero-order chi connectivity index (χ0) is 12.7. The van der Waals surface area contributed by atoms with Gasteiger partial charge in [0.1, 0.15) is 0 Å². The molecule has 1 aliphatic carbocycles. The van der Waals surface area contributed by atoms with Gasteiger partial charge in [-0.15, -0.1) is 6.58 Å². The summed E-state index contributed by atoms with van der Waals surface area (Å²) in [5, 5.41) is 3.64. The van der Waals surface area contributed by atoms with E-state index in [9.17, 15) is 0 Å². The Bertz CT molecular complexity index is 214. The Labute approximate surface area is 106 Å². The van der Waals surface area contributed by atoms with Crippen LogP contribution in [0.4, 0.5) is 0 Å². The van der Waals surface area contributed by atoms with E-state index in [2.05, 4.69) is 30.6 Å². The molecule has 1 fully saturated rings. The van der Waals surface area contributed by atoms with Crippen molar-refractivity contribution in [3.8, 4) is 0 Å². The first-order valence-electron chi connectivity index (χ1n) is 6.76. The molecule has 0 aliphatic heterocycles. The average molecular weight is 240 g/mol. The van der Waals surface area contributed by atoms with Gasteiger partial charge in [-0.05, 0) is 18.8 Å². The molecule has 1 unspecified atom stereocenters. The number of nitrogens with zero attached hydrogens (tertiary/aromatic N) is 1. The first-order chi connectivity index (χ1) is 8.19. The van der Waals surface area contributed by atoms with Crippen LogP contribution in [0.2, 0.25) is 0 Å². The summed E-state index contributed by atoms with van der Waals surface area (Å²) in [6.45, 7) is 12.2. The van der Waals surface area contributed by atoms with E-state index in [4.69, 9.17) is 4.74 Å². The van der Waals surface area contributed by atoms with Crippen molar-refractivity contribution in [3.05, 3.63) is 12.7 Å². The van der Waals surface area contributed by atoms with Gasteiger partial charge in [-0.25, -0.2) is 0 Å². The number of ether oxygens (including phenoxy) is 1. The van der Waals surface area contributed by atoms with Crippen LogP contribution in [-0.2, 0) is 4.74 Å². The van der Waals surface area contributed by atoms with Gasteiger partial charge in [0.25, 0.3) is 0 Å². The highest BCUT2D eigenvalue weighted by Gasteiger charge is 2.25. The Balaban J connectivity index is 2.44. The summed E-state index contributed by atoms with van der Waals surface area (Å²) in [7, 11) is 1.76. The highest BCUT2D eigenvalue weighted by molar-refractivity contribution is 4.87. The Hall–Kier alpha value is -0.380. The van der Waals surface area contributed by atoms with E-state index in [0.717, 1.165) is 32.3 Å². The molecule has 1 atom stereocenters. The fourth-order valence-corrected chi connectivity index (χ4v) is 2.13. The summed E-state index contributed by atoms with van der Waals surface area (Å²) in [6.07, 6.45) is 4.69.